The van der Waals surface area contributed by atoms with Crippen LogP contribution >= 0.6 is 0 Å². The number of benzene rings is 1. The molecule has 1 aliphatic rings. The summed E-state index contributed by atoms with van der Waals surface area (Å²) < 4.78 is 11.1. The van der Waals surface area contributed by atoms with Gasteiger partial charge in [0.25, 0.3) is 5.91 Å². The highest BCUT2D eigenvalue weighted by Gasteiger charge is 2.13. The van der Waals surface area contributed by atoms with Gasteiger partial charge in [-0.05, 0) is 24.3 Å². The Morgan fingerprint density at radius 1 is 1.09 bits per heavy atom. The van der Waals surface area contributed by atoms with Crippen LogP contribution in [0.15, 0.2) is 36.7 Å². The number of nitrogens with one attached hydrogen (secondary N) is 2. The van der Waals surface area contributed by atoms with Gasteiger partial charge < -0.3 is 20.1 Å². The largest absolute Gasteiger partial charge is 0.490 e. The first-order valence-corrected chi connectivity index (χ1v) is 7.52. The fourth-order valence-electron chi connectivity index (χ4n) is 2.15. The van der Waals surface area contributed by atoms with Gasteiger partial charge in [0.05, 0.1) is 13.2 Å². The van der Waals surface area contributed by atoms with E-state index in [4.69, 9.17) is 9.47 Å². The lowest BCUT2D eigenvalue weighted by atomic mass is 10.2. The van der Waals surface area contributed by atoms with Crippen LogP contribution < -0.4 is 20.1 Å². The Bertz CT molecular complexity index is 664. The molecule has 0 spiro atoms. The molecule has 0 aliphatic carbocycles. The molecular weight excluding hydrogens is 296 g/mol. The van der Waals surface area contributed by atoms with Gasteiger partial charge in [-0.2, -0.15) is 0 Å². The van der Waals surface area contributed by atoms with Crippen LogP contribution in [0.3, 0.4) is 0 Å². The molecule has 1 aliphatic heterocycles. The Hall–Kier alpha value is -2.83. The summed E-state index contributed by atoms with van der Waals surface area (Å²) in [7, 11) is 0. The van der Waals surface area contributed by atoms with E-state index >= 15 is 0 Å². The molecule has 2 N–H and O–H groups in total. The molecule has 1 aromatic carbocycles. The van der Waals surface area contributed by atoms with Crippen LogP contribution in [0.25, 0.3) is 0 Å². The summed E-state index contributed by atoms with van der Waals surface area (Å²) in [6.45, 7) is 2.23. The molecule has 2 aromatic rings. The Labute approximate surface area is 134 Å². The lowest BCUT2D eigenvalue weighted by Gasteiger charge is -2.10. The normalized spacial score (nSPS) is 13.0. The summed E-state index contributed by atoms with van der Waals surface area (Å²) in [6.07, 6.45) is 4.15. The summed E-state index contributed by atoms with van der Waals surface area (Å²) in [5.41, 5.74) is 0.546. The third-order valence-electron chi connectivity index (χ3n) is 3.27. The third kappa shape index (κ3) is 4.09. The topological polar surface area (TPSA) is 85.4 Å². The number of ether oxygens (including phenoxy) is 2. The maximum absolute atomic E-state index is 12.2. The Balaban J connectivity index is 1.51. The molecule has 0 unspecified atom stereocenters. The average Bonchev–Trinajstić information content (AvgIpc) is 2.84. The van der Waals surface area contributed by atoms with Gasteiger partial charge in [-0.3, -0.25) is 4.79 Å². The van der Waals surface area contributed by atoms with Gasteiger partial charge in [0.15, 0.2) is 11.5 Å². The molecule has 1 amide bonds. The van der Waals surface area contributed by atoms with Gasteiger partial charge in [0.2, 0.25) is 5.95 Å². The zero-order valence-corrected chi connectivity index (χ0v) is 12.6. The Morgan fingerprint density at radius 3 is 2.70 bits per heavy atom. The van der Waals surface area contributed by atoms with Crippen molar-refractivity contribution < 1.29 is 14.3 Å². The number of hydrogen-bond donors (Lipinski definition) is 2. The molecule has 120 valence electrons. The van der Waals surface area contributed by atoms with Crippen LogP contribution in [-0.2, 0) is 0 Å². The number of aromatic nitrogens is 2. The van der Waals surface area contributed by atoms with Gasteiger partial charge in [-0.1, -0.05) is 0 Å². The van der Waals surface area contributed by atoms with Crippen molar-refractivity contribution in [2.24, 2.45) is 0 Å². The summed E-state index contributed by atoms with van der Waals surface area (Å²) in [5, 5.41) is 5.87. The van der Waals surface area contributed by atoms with Crippen molar-refractivity contribution >= 4 is 11.9 Å². The molecule has 1 aromatic heterocycles. The summed E-state index contributed by atoms with van der Waals surface area (Å²) in [4.78, 5) is 20.3. The number of anilines is 1. The van der Waals surface area contributed by atoms with E-state index in [-0.39, 0.29) is 5.91 Å². The van der Waals surface area contributed by atoms with Crippen molar-refractivity contribution in [3.63, 3.8) is 0 Å². The van der Waals surface area contributed by atoms with Gasteiger partial charge in [0.1, 0.15) is 0 Å². The highest BCUT2D eigenvalue weighted by Crippen LogP contribution is 2.30. The number of carbonyl (C=O) groups excluding carboxylic acids is 1. The predicted octanol–water partition coefficient (Wildman–Crippen LogP) is 1.48. The van der Waals surface area contributed by atoms with Crippen LogP contribution in [0.2, 0.25) is 0 Å². The number of carbonyl (C=O) groups is 1. The van der Waals surface area contributed by atoms with E-state index in [0.717, 1.165) is 6.42 Å². The minimum Gasteiger partial charge on any atom is -0.490 e. The first kappa shape index (κ1) is 15.1. The SMILES string of the molecule is O=C(NCCNc1ncccn1)c1ccc2c(c1)OCCCO2. The van der Waals surface area contributed by atoms with Gasteiger partial charge in [-0.15, -0.1) is 0 Å². The molecule has 0 saturated heterocycles. The zero-order valence-electron chi connectivity index (χ0n) is 12.6. The van der Waals surface area contributed by atoms with Crippen molar-refractivity contribution in [3.05, 3.63) is 42.2 Å². The van der Waals surface area contributed by atoms with Crippen molar-refractivity contribution in [2.45, 2.75) is 6.42 Å². The molecule has 0 saturated carbocycles. The number of hydrogen-bond acceptors (Lipinski definition) is 6. The summed E-state index contributed by atoms with van der Waals surface area (Å²) in [5.74, 6) is 1.68. The van der Waals surface area contributed by atoms with Gasteiger partial charge >= 0.3 is 0 Å². The van der Waals surface area contributed by atoms with Crippen LogP contribution in [0.5, 0.6) is 11.5 Å². The lowest BCUT2D eigenvalue weighted by Crippen LogP contribution is -2.29. The maximum atomic E-state index is 12.2. The van der Waals surface area contributed by atoms with E-state index in [1.165, 1.54) is 0 Å². The summed E-state index contributed by atoms with van der Waals surface area (Å²) >= 11 is 0. The van der Waals surface area contributed by atoms with Gasteiger partial charge in [-0.25, -0.2) is 9.97 Å². The Kier molecular flexibility index (Phi) is 4.88. The minimum absolute atomic E-state index is 0.156. The van der Waals surface area contributed by atoms with Crippen molar-refractivity contribution in [1.82, 2.24) is 15.3 Å². The van der Waals surface area contributed by atoms with Crippen LogP contribution in [-0.4, -0.2) is 42.2 Å². The molecule has 0 radical (unpaired) electrons. The number of nitrogens with zero attached hydrogens (tertiary/aromatic N) is 2. The van der Waals surface area contributed by atoms with E-state index in [0.29, 0.717) is 49.3 Å². The number of rotatable bonds is 5. The van der Waals surface area contributed by atoms with E-state index in [2.05, 4.69) is 20.6 Å². The second-order valence-electron chi connectivity index (χ2n) is 4.97. The van der Waals surface area contributed by atoms with E-state index < -0.39 is 0 Å². The van der Waals surface area contributed by atoms with E-state index in [1.54, 1.807) is 36.7 Å². The average molecular weight is 314 g/mol. The standard InChI is InChI=1S/C16H18N4O3/c21-15(17-7-8-20-16-18-5-1-6-19-16)12-3-4-13-14(11-12)23-10-2-9-22-13/h1,3-6,11H,2,7-10H2,(H,17,21)(H,18,19,20). The van der Waals surface area contributed by atoms with E-state index in [1.807, 2.05) is 0 Å². The fourth-order valence-corrected chi connectivity index (χ4v) is 2.15. The highest BCUT2D eigenvalue weighted by atomic mass is 16.5. The van der Waals surface area contributed by atoms with Crippen LogP contribution in [0.1, 0.15) is 16.8 Å². The van der Waals surface area contributed by atoms with E-state index in [9.17, 15) is 4.79 Å². The maximum Gasteiger partial charge on any atom is 0.251 e. The molecule has 7 heteroatoms. The van der Waals surface area contributed by atoms with Crippen LogP contribution in [0.4, 0.5) is 5.95 Å². The molecule has 7 nitrogen and oxygen atoms in total. The second-order valence-corrected chi connectivity index (χ2v) is 4.97. The number of fused-ring (bicyclic) bond motifs is 1. The molecular formula is C16H18N4O3. The van der Waals surface area contributed by atoms with Crippen molar-refractivity contribution in [3.8, 4) is 11.5 Å². The Morgan fingerprint density at radius 2 is 1.87 bits per heavy atom. The molecule has 2 heterocycles. The molecule has 0 bridgehead atoms. The van der Waals surface area contributed by atoms with Crippen molar-refractivity contribution in [1.29, 1.82) is 0 Å². The fraction of sp³-hybridized carbons (Fsp3) is 0.312. The molecule has 23 heavy (non-hydrogen) atoms. The minimum atomic E-state index is -0.156. The predicted molar refractivity (Wildman–Crippen MR) is 84.9 cm³/mol. The second kappa shape index (κ2) is 7.44. The highest BCUT2D eigenvalue weighted by molar-refractivity contribution is 5.94. The quantitative estimate of drug-likeness (QED) is 0.813. The van der Waals surface area contributed by atoms with Gasteiger partial charge in [0, 0.05) is 37.5 Å². The zero-order chi connectivity index (χ0) is 15.9. The third-order valence-corrected chi connectivity index (χ3v) is 3.27. The summed E-state index contributed by atoms with van der Waals surface area (Å²) in [6, 6.07) is 6.96. The molecule has 0 atom stereocenters. The lowest BCUT2D eigenvalue weighted by molar-refractivity contribution is 0.0954. The van der Waals surface area contributed by atoms with Crippen molar-refractivity contribution in [2.75, 3.05) is 31.6 Å². The molecule has 3 rings (SSSR count). The first-order chi connectivity index (χ1) is 11.3. The monoisotopic (exact) mass is 314 g/mol. The smallest absolute Gasteiger partial charge is 0.251 e. The molecule has 0 fully saturated rings. The number of amides is 1. The first-order valence-electron chi connectivity index (χ1n) is 7.52. The van der Waals surface area contributed by atoms with Crippen LogP contribution in [0, 0.1) is 0 Å².